The summed E-state index contributed by atoms with van der Waals surface area (Å²) in [6.07, 6.45) is 1.21. The van der Waals surface area contributed by atoms with Crippen molar-refractivity contribution in [3.63, 3.8) is 0 Å². The van der Waals surface area contributed by atoms with E-state index in [1.54, 1.807) is 11.3 Å². The summed E-state index contributed by atoms with van der Waals surface area (Å²) in [7, 11) is 0. The number of hydrogen-bond acceptors (Lipinski definition) is 4. The highest BCUT2D eigenvalue weighted by Crippen LogP contribution is 2.30. The summed E-state index contributed by atoms with van der Waals surface area (Å²) in [5.74, 6) is 0. The molecule has 0 saturated heterocycles. The van der Waals surface area contributed by atoms with Crippen LogP contribution < -0.4 is 5.73 Å². The monoisotopic (exact) mass is 361 g/mol. The van der Waals surface area contributed by atoms with E-state index in [1.807, 2.05) is 0 Å². The number of halogens is 1. The number of rotatable bonds is 10. The van der Waals surface area contributed by atoms with E-state index in [0.717, 1.165) is 26.2 Å². The number of nitrogens with zero attached hydrogens (tertiary/aromatic N) is 2. The first-order chi connectivity index (χ1) is 9.65. The lowest BCUT2D eigenvalue weighted by atomic mass is 10.2. The number of thiophene rings is 1. The average Bonchev–Trinajstić information content (AvgIpc) is 2.88. The molecule has 5 heteroatoms. The third kappa shape index (κ3) is 5.45. The summed E-state index contributed by atoms with van der Waals surface area (Å²) >= 11 is 5.34. The molecule has 0 saturated carbocycles. The molecule has 1 rings (SSSR count). The normalized spacial score (nSPS) is 13.3. The van der Waals surface area contributed by atoms with E-state index in [4.69, 9.17) is 5.73 Å². The molecule has 1 aromatic heterocycles. The Morgan fingerprint density at radius 3 is 2.30 bits per heavy atom. The molecule has 0 aromatic carbocycles. The van der Waals surface area contributed by atoms with E-state index < -0.39 is 0 Å². The fourth-order valence-corrected chi connectivity index (χ4v) is 4.10. The van der Waals surface area contributed by atoms with Crippen LogP contribution >= 0.6 is 27.3 Å². The van der Waals surface area contributed by atoms with Crippen molar-refractivity contribution in [2.24, 2.45) is 5.73 Å². The van der Waals surface area contributed by atoms with Gasteiger partial charge in [0.1, 0.15) is 0 Å². The van der Waals surface area contributed by atoms with E-state index in [-0.39, 0.29) is 0 Å². The Morgan fingerprint density at radius 2 is 1.85 bits per heavy atom. The summed E-state index contributed by atoms with van der Waals surface area (Å²) in [6, 6.07) is 4.67. The Kier molecular flexibility index (Phi) is 8.96. The molecule has 1 aromatic rings. The van der Waals surface area contributed by atoms with Crippen molar-refractivity contribution >= 4 is 27.3 Å². The molecule has 2 N–H and O–H groups in total. The fraction of sp³-hybridized carbons (Fsp3) is 0.733. The van der Waals surface area contributed by atoms with Crippen molar-refractivity contribution in [3.05, 3.63) is 20.8 Å². The molecule has 1 atom stereocenters. The van der Waals surface area contributed by atoms with Gasteiger partial charge in [0.2, 0.25) is 0 Å². The molecule has 116 valence electrons. The van der Waals surface area contributed by atoms with Gasteiger partial charge in [0, 0.05) is 18.0 Å². The van der Waals surface area contributed by atoms with Gasteiger partial charge in [0.15, 0.2) is 0 Å². The molecule has 0 aliphatic rings. The van der Waals surface area contributed by atoms with Gasteiger partial charge in [0.25, 0.3) is 0 Å². The SMILES string of the molecule is CCN(CC)CCCN(CC)C(CN)c1ccc(Br)s1. The maximum atomic E-state index is 6.01. The van der Waals surface area contributed by atoms with Crippen molar-refractivity contribution in [2.75, 3.05) is 39.3 Å². The molecule has 0 radical (unpaired) electrons. The Bertz CT molecular complexity index is 366. The molecular weight excluding hydrogens is 334 g/mol. The highest BCUT2D eigenvalue weighted by Gasteiger charge is 2.19. The first-order valence-electron chi connectivity index (χ1n) is 7.57. The molecular formula is C15H28BrN3S. The second-order valence-corrected chi connectivity index (χ2v) is 7.40. The van der Waals surface area contributed by atoms with Crippen molar-refractivity contribution in [1.82, 2.24) is 9.80 Å². The van der Waals surface area contributed by atoms with Crippen molar-refractivity contribution < 1.29 is 0 Å². The summed E-state index contributed by atoms with van der Waals surface area (Å²) in [5, 5.41) is 0. The highest BCUT2D eigenvalue weighted by molar-refractivity contribution is 9.11. The Hall–Kier alpha value is 0.0600. The second-order valence-electron chi connectivity index (χ2n) is 4.90. The Morgan fingerprint density at radius 1 is 1.15 bits per heavy atom. The van der Waals surface area contributed by atoms with Crippen LogP contribution in [0.2, 0.25) is 0 Å². The van der Waals surface area contributed by atoms with Gasteiger partial charge in [-0.15, -0.1) is 11.3 Å². The van der Waals surface area contributed by atoms with Crippen molar-refractivity contribution in [2.45, 2.75) is 33.2 Å². The van der Waals surface area contributed by atoms with Crippen LogP contribution in [-0.2, 0) is 0 Å². The topological polar surface area (TPSA) is 32.5 Å². The molecule has 1 unspecified atom stereocenters. The van der Waals surface area contributed by atoms with E-state index in [0.29, 0.717) is 12.6 Å². The predicted octanol–water partition coefficient (Wildman–Crippen LogP) is 3.56. The van der Waals surface area contributed by atoms with Crippen LogP contribution in [0.5, 0.6) is 0 Å². The molecule has 20 heavy (non-hydrogen) atoms. The van der Waals surface area contributed by atoms with Gasteiger partial charge < -0.3 is 10.6 Å². The molecule has 1 heterocycles. The Balaban J connectivity index is 2.54. The first-order valence-corrected chi connectivity index (χ1v) is 9.18. The van der Waals surface area contributed by atoms with Crippen LogP contribution in [-0.4, -0.2) is 49.1 Å². The second kappa shape index (κ2) is 9.90. The van der Waals surface area contributed by atoms with Crippen LogP contribution in [0.15, 0.2) is 15.9 Å². The van der Waals surface area contributed by atoms with Crippen LogP contribution in [0, 0.1) is 0 Å². The summed E-state index contributed by atoms with van der Waals surface area (Å²) in [6.45, 7) is 13.0. The van der Waals surface area contributed by atoms with Crippen molar-refractivity contribution in [1.29, 1.82) is 0 Å². The fourth-order valence-electron chi connectivity index (χ4n) is 2.52. The molecule has 0 aliphatic heterocycles. The van der Waals surface area contributed by atoms with Crippen LogP contribution in [0.4, 0.5) is 0 Å². The maximum Gasteiger partial charge on any atom is 0.0702 e. The maximum absolute atomic E-state index is 6.01. The van der Waals surface area contributed by atoms with Gasteiger partial charge in [-0.2, -0.15) is 0 Å². The quantitative estimate of drug-likeness (QED) is 0.691. The van der Waals surface area contributed by atoms with E-state index >= 15 is 0 Å². The van der Waals surface area contributed by atoms with E-state index in [1.165, 1.54) is 21.6 Å². The largest absolute Gasteiger partial charge is 0.329 e. The minimum Gasteiger partial charge on any atom is -0.329 e. The Labute approximate surface area is 136 Å². The first kappa shape index (κ1) is 18.1. The predicted molar refractivity (Wildman–Crippen MR) is 93.5 cm³/mol. The molecule has 0 aliphatic carbocycles. The molecule has 0 bridgehead atoms. The van der Waals surface area contributed by atoms with Gasteiger partial charge in [-0.1, -0.05) is 20.8 Å². The zero-order valence-electron chi connectivity index (χ0n) is 12.9. The van der Waals surface area contributed by atoms with Crippen LogP contribution in [0.1, 0.15) is 38.1 Å². The van der Waals surface area contributed by atoms with Gasteiger partial charge in [-0.3, -0.25) is 4.90 Å². The lowest BCUT2D eigenvalue weighted by Gasteiger charge is -2.30. The van der Waals surface area contributed by atoms with E-state index in [2.05, 4.69) is 58.6 Å². The standard InChI is InChI=1S/C15H28BrN3S/c1-4-18(5-2)10-7-11-19(6-3)13(12-17)14-8-9-15(16)20-14/h8-9,13H,4-7,10-12,17H2,1-3H3. The zero-order valence-corrected chi connectivity index (χ0v) is 15.3. The number of hydrogen-bond donors (Lipinski definition) is 1. The third-order valence-electron chi connectivity index (χ3n) is 3.81. The minimum absolute atomic E-state index is 0.355. The average molecular weight is 362 g/mol. The smallest absolute Gasteiger partial charge is 0.0702 e. The van der Waals surface area contributed by atoms with E-state index in [9.17, 15) is 0 Å². The van der Waals surface area contributed by atoms with Crippen LogP contribution in [0.25, 0.3) is 0 Å². The lowest BCUT2D eigenvalue weighted by molar-refractivity contribution is 0.195. The summed E-state index contributed by atoms with van der Waals surface area (Å²) in [4.78, 5) is 6.35. The van der Waals surface area contributed by atoms with Gasteiger partial charge in [-0.05, 0) is 60.7 Å². The van der Waals surface area contributed by atoms with Crippen molar-refractivity contribution in [3.8, 4) is 0 Å². The third-order valence-corrected chi connectivity index (χ3v) is 5.53. The number of nitrogens with two attached hydrogens (primary N) is 1. The molecule has 0 amide bonds. The molecule has 3 nitrogen and oxygen atoms in total. The molecule has 0 spiro atoms. The van der Waals surface area contributed by atoms with Crippen LogP contribution in [0.3, 0.4) is 0 Å². The zero-order chi connectivity index (χ0) is 15.0. The highest BCUT2D eigenvalue weighted by atomic mass is 79.9. The molecule has 0 fully saturated rings. The van der Waals surface area contributed by atoms with Gasteiger partial charge in [0.05, 0.1) is 9.83 Å². The summed E-state index contributed by atoms with van der Waals surface area (Å²) in [5.41, 5.74) is 6.01. The summed E-state index contributed by atoms with van der Waals surface area (Å²) < 4.78 is 1.19. The van der Waals surface area contributed by atoms with Gasteiger partial charge in [-0.25, -0.2) is 0 Å². The van der Waals surface area contributed by atoms with Gasteiger partial charge >= 0.3 is 0 Å². The minimum atomic E-state index is 0.355. The number of likely N-dealkylation sites (N-methyl/N-ethyl adjacent to an activating group) is 1. The lowest BCUT2D eigenvalue weighted by Crippen LogP contribution is -2.35.